The zero-order chi connectivity index (χ0) is 22.9. The minimum absolute atomic E-state index is 0.0289. The number of sulfonamides is 1. The number of aryl methyl sites for hydroxylation is 1. The number of imidazole rings is 1. The molecule has 0 aliphatic heterocycles. The summed E-state index contributed by atoms with van der Waals surface area (Å²) in [5, 5.41) is 0.975. The van der Waals surface area contributed by atoms with Gasteiger partial charge in [0.05, 0.1) is 5.02 Å². The van der Waals surface area contributed by atoms with E-state index in [1.54, 1.807) is 41.8 Å². The summed E-state index contributed by atoms with van der Waals surface area (Å²) >= 11 is 19.6. The Morgan fingerprint density at radius 2 is 1.77 bits per heavy atom. The largest absolute Gasteiger partial charge is 0.303 e. The number of nitrogens with zero attached hydrogens (tertiary/aromatic N) is 2. The van der Waals surface area contributed by atoms with Crippen LogP contribution in [0.25, 0.3) is 5.69 Å². The molecule has 0 atom stereocenters. The summed E-state index contributed by atoms with van der Waals surface area (Å²) < 4.78 is 29.6. The topological polar surface area (TPSA) is 81.1 Å². The molecule has 0 aliphatic rings. The Labute approximate surface area is 200 Å². The van der Waals surface area contributed by atoms with Crippen LogP contribution in [0.15, 0.2) is 52.4 Å². The normalized spacial score (nSPS) is 11.7. The third kappa shape index (κ3) is 5.56. The van der Waals surface area contributed by atoms with Crippen molar-refractivity contribution in [2.24, 2.45) is 0 Å². The van der Waals surface area contributed by atoms with Crippen LogP contribution in [0.3, 0.4) is 0 Å². The number of rotatable bonds is 6. The van der Waals surface area contributed by atoms with Gasteiger partial charge in [-0.2, -0.15) is 0 Å². The maximum absolute atomic E-state index is 13.0. The molecule has 164 valence electrons. The molecule has 0 spiro atoms. The van der Waals surface area contributed by atoms with E-state index >= 15 is 0 Å². The lowest BCUT2D eigenvalue weighted by atomic mass is 10.3. The van der Waals surface area contributed by atoms with Crippen molar-refractivity contribution in [3.63, 3.8) is 0 Å². The lowest BCUT2D eigenvalue weighted by Gasteiger charge is -2.13. The molecule has 0 unspecified atom stereocenters. The molecule has 1 N–H and O–H groups in total. The molecule has 3 rings (SSSR count). The van der Waals surface area contributed by atoms with Crippen molar-refractivity contribution in [2.45, 2.75) is 35.8 Å². The second kappa shape index (κ2) is 9.42. The predicted octanol–water partition coefficient (Wildman–Crippen LogP) is 5.76. The molecule has 0 aliphatic carbocycles. The number of carbonyl (C=O) groups excluding carboxylic acids is 1. The van der Waals surface area contributed by atoms with Gasteiger partial charge < -0.3 is 4.57 Å². The Morgan fingerprint density at radius 3 is 2.39 bits per heavy atom. The maximum Gasteiger partial charge on any atom is 0.285 e. The summed E-state index contributed by atoms with van der Waals surface area (Å²) in [6, 6.07) is 9.66. The van der Waals surface area contributed by atoms with Gasteiger partial charge in [0.2, 0.25) is 0 Å². The van der Waals surface area contributed by atoms with E-state index < -0.39 is 15.9 Å². The summed E-state index contributed by atoms with van der Waals surface area (Å²) in [7, 11) is -4.24. The van der Waals surface area contributed by atoms with Crippen LogP contribution in [0, 0.1) is 6.92 Å². The van der Waals surface area contributed by atoms with Crippen LogP contribution < -0.4 is 4.72 Å². The van der Waals surface area contributed by atoms with Crippen molar-refractivity contribution in [2.75, 3.05) is 0 Å². The standard InChI is InChI=1S/C20H18Cl3N3O3S2/c1-11(2)30-18-6-4-5-16(23)19(18)31(28,29)25-20(27)17-10-26(12(3)24-17)15-8-13(21)7-14(22)9-15/h4-11H,1-3H3,(H,25,27). The van der Waals surface area contributed by atoms with Crippen LogP contribution >= 0.6 is 46.6 Å². The fraction of sp³-hybridized carbons (Fsp3) is 0.200. The van der Waals surface area contributed by atoms with Gasteiger partial charge in [-0.05, 0) is 37.3 Å². The number of benzene rings is 2. The molecular weight excluding hydrogens is 501 g/mol. The minimum Gasteiger partial charge on any atom is -0.303 e. The Morgan fingerprint density at radius 1 is 1.13 bits per heavy atom. The van der Waals surface area contributed by atoms with E-state index in [0.29, 0.717) is 26.5 Å². The summed E-state index contributed by atoms with van der Waals surface area (Å²) in [4.78, 5) is 17.2. The van der Waals surface area contributed by atoms with Crippen molar-refractivity contribution in [1.82, 2.24) is 14.3 Å². The first-order valence-corrected chi connectivity index (χ1v) is 12.5. The van der Waals surface area contributed by atoms with Gasteiger partial charge in [0, 0.05) is 32.1 Å². The van der Waals surface area contributed by atoms with Gasteiger partial charge in [-0.1, -0.05) is 54.7 Å². The second-order valence-corrected chi connectivity index (χ2v) is 11.4. The van der Waals surface area contributed by atoms with Gasteiger partial charge in [0.15, 0.2) is 0 Å². The number of nitrogens with one attached hydrogen (secondary N) is 1. The van der Waals surface area contributed by atoms with Crippen LogP contribution in [0.5, 0.6) is 0 Å². The van der Waals surface area contributed by atoms with Gasteiger partial charge in [0.1, 0.15) is 16.4 Å². The minimum atomic E-state index is -4.24. The Balaban J connectivity index is 1.94. The highest BCUT2D eigenvalue weighted by molar-refractivity contribution is 8.00. The lowest BCUT2D eigenvalue weighted by Crippen LogP contribution is -2.31. The number of amides is 1. The van der Waals surface area contributed by atoms with Crippen molar-refractivity contribution in [3.05, 3.63) is 69.2 Å². The summed E-state index contributed by atoms with van der Waals surface area (Å²) in [5.41, 5.74) is 0.508. The van der Waals surface area contributed by atoms with Crippen molar-refractivity contribution in [3.8, 4) is 5.69 Å². The van der Waals surface area contributed by atoms with Crippen LogP contribution in [0.4, 0.5) is 0 Å². The van der Waals surface area contributed by atoms with E-state index in [-0.39, 0.29) is 20.9 Å². The number of hydrogen-bond acceptors (Lipinski definition) is 5. The molecule has 1 aromatic heterocycles. The molecule has 2 aromatic carbocycles. The van der Waals surface area contributed by atoms with Gasteiger partial charge in [-0.15, -0.1) is 11.8 Å². The average Bonchev–Trinajstić information content (AvgIpc) is 3.02. The van der Waals surface area contributed by atoms with Crippen LogP contribution in [-0.4, -0.2) is 29.1 Å². The summed E-state index contributed by atoms with van der Waals surface area (Å²) in [6.07, 6.45) is 1.42. The maximum atomic E-state index is 13.0. The highest BCUT2D eigenvalue weighted by atomic mass is 35.5. The molecule has 0 saturated heterocycles. The fourth-order valence-corrected chi connectivity index (χ4v) is 6.36. The van der Waals surface area contributed by atoms with Gasteiger partial charge in [-0.3, -0.25) is 4.79 Å². The van der Waals surface area contributed by atoms with Gasteiger partial charge >= 0.3 is 0 Å². The van der Waals surface area contributed by atoms with E-state index in [1.165, 1.54) is 24.0 Å². The molecule has 3 aromatic rings. The first-order valence-electron chi connectivity index (χ1n) is 9.02. The predicted molar refractivity (Wildman–Crippen MR) is 125 cm³/mol. The zero-order valence-electron chi connectivity index (χ0n) is 16.7. The third-order valence-electron chi connectivity index (χ3n) is 4.03. The molecule has 6 nitrogen and oxygen atoms in total. The first-order chi connectivity index (χ1) is 14.5. The van der Waals surface area contributed by atoms with E-state index in [1.807, 2.05) is 13.8 Å². The highest BCUT2D eigenvalue weighted by Crippen LogP contribution is 2.34. The van der Waals surface area contributed by atoms with Gasteiger partial charge in [0.25, 0.3) is 15.9 Å². The molecule has 1 heterocycles. The van der Waals surface area contributed by atoms with E-state index in [0.717, 1.165) is 0 Å². The van der Waals surface area contributed by atoms with E-state index in [4.69, 9.17) is 34.8 Å². The van der Waals surface area contributed by atoms with Crippen molar-refractivity contribution >= 4 is 62.5 Å². The zero-order valence-corrected chi connectivity index (χ0v) is 20.6. The molecule has 0 radical (unpaired) electrons. The lowest BCUT2D eigenvalue weighted by molar-refractivity contribution is 0.0977. The van der Waals surface area contributed by atoms with Crippen LogP contribution in [0.1, 0.15) is 30.2 Å². The molecule has 0 saturated carbocycles. The second-order valence-electron chi connectivity index (χ2n) is 6.84. The van der Waals surface area contributed by atoms with Gasteiger partial charge in [-0.25, -0.2) is 18.1 Å². The van der Waals surface area contributed by atoms with E-state index in [9.17, 15) is 13.2 Å². The van der Waals surface area contributed by atoms with Crippen LogP contribution in [-0.2, 0) is 10.0 Å². The summed E-state index contributed by atoms with van der Waals surface area (Å²) in [5.74, 6) is -0.426. The Hall–Kier alpha value is -1.71. The monoisotopic (exact) mass is 517 g/mol. The summed E-state index contributed by atoms with van der Waals surface area (Å²) in [6.45, 7) is 5.53. The number of aromatic nitrogens is 2. The smallest absolute Gasteiger partial charge is 0.285 e. The average molecular weight is 519 g/mol. The molecule has 0 bridgehead atoms. The molecule has 11 heteroatoms. The van der Waals surface area contributed by atoms with Crippen LogP contribution in [0.2, 0.25) is 15.1 Å². The number of carbonyl (C=O) groups is 1. The molecule has 31 heavy (non-hydrogen) atoms. The molecule has 1 amide bonds. The Bertz CT molecular complexity index is 1240. The number of halogens is 3. The number of thioether (sulfide) groups is 1. The third-order valence-corrected chi connectivity index (χ3v) is 7.52. The SMILES string of the molecule is Cc1nc(C(=O)NS(=O)(=O)c2c(Cl)cccc2SC(C)C)cn1-c1cc(Cl)cc(Cl)c1. The highest BCUT2D eigenvalue weighted by Gasteiger charge is 2.27. The number of hydrogen-bond donors (Lipinski definition) is 1. The van der Waals surface area contributed by atoms with Crippen molar-refractivity contribution in [1.29, 1.82) is 0 Å². The van der Waals surface area contributed by atoms with Crippen molar-refractivity contribution < 1.29 is 13.2 Å². The first kappa shape index (κ1) is 23.9. The Kier molecular flexibility index (Phi) is 7.28. The fourth-order valence-electron chi connectivity index (χ4n) is 2.84. The quantitative estimate of drug-likeness (QED) is 0.420. The molecule has 0 fully saturated rings. The van der Waals surface area contributed by atoms with E-state index in [2.05, 4.69) is 9.71 Å². The molecular formula is C20H18Cl3N3O3S2.